The van der Waals surface area contributed by atoms with E-state index in [-0.39, 0.29) is 19.0 Å². The Labute approximate surface area is 122 Å². The molecule has 7 heteroatoms. The minimum absolute atomic E-state index is 0.0806. The van der Waals surface area contributed by atoms with Crippen LogP contribution in [0.3, 0.4) is 0 Å². The molecule has 0 saturated heterocycles. The molecule has 1 rings (SSSR count). The standard InChI is InChI=1S/C14H19N3O4/c1-3-10(2)21-12-6-4-5-11(9-12)13(18)16-7-8-17(20)14(15)19/h3-6,9,20H,7-8H2,1-2H3,(H2,15,19)(H,16,18). The summed E-state index contributed by atoms with van der Waals surface area (Å²) in [5.74, 6) is 0.945. The summed E-state index contributed by atoms with van der Waals surface area (Å²) in [5.41, 5.74) is 5.26. The van der Waals surface area contributed by atoms with Crippen LogP contribution in [0.5, 0.6) is 5.75 Å². The predicted molar refractivity (Wildman–Crippen MR) is 76.9 cm³/mol. The molecule has 0 aliphatic carbocycles. The fourth-order valence-electron chi connectivity index (χ4n) is 1.43. The van der Waals surface area contributed by atoms with Crippen LogP contribution in [0.15, 0.2) is 36.1 Å². The first-order valence-electron chi connectivity index (χ1n) is 6.39. The summed E-state index contributed by atoms with van der Waals surface area (Å²) in [4.78, 5) is 22.5. The van der Waals surface area contributed by atoms with Gasteiger partial charge in [-0.2, -0.15) is 0 Å². The summed E-state index contributed by atoms with van der Waals surface area (Å²) < 4.78 is 5.50. The summed E-state index contributed by atoms with van der Waals surface area (Å²) >= 11 is 0. The maximum atomic E-state index is 11.9. The topological polar surface area (TPSA) is 105 Å². The first kappa shape index (κ1) is 16.5. The van der Waals surface area contributed by atoms with Crippen LogP contribution in [0.2, 0.25) is 0 Å². The molecular weight excluding hydrogens is 274 g/mol. The predicted octanol–water partition coefficient (Wildman–Crippen LogP) is 1.49. The fraction of sp³-hybridized carbons (Fsp3) is 0.286. The van der Waals surface area contributed by atoms with E-state index in [2.05, 4.69) is 5.32 Å². The second-order valence-electron chi connectivity index (χ2n) is 4.25. The van der Waals surface area contributed by atoms with Gasteiger partial charge in [0.05, 0.1) is 12.3 Å². The van der Waals surface area contributed by atoms with Crippen molar-refractivity contribution in [1.29, 1.82) is 0 Å². The third-order valence-corrected chi connectivity index (χ3v) is 2.65. The first-order chi connectivity index (χ1) is 9.93. The molecule has 0 fully saturated rings. The number of ether oxygens (including phenoxy) is 1. The van der Waals surface area contributed by atoms with Gasteiger partial charge in [0.25, 0.3) is 5.91 Å². The summed E-state index contributed by atoms with van der Waals surface area (Å²) in [5, 5.41) is 12.0. The summed E-state index contributed by atoms with van der Waals surface area (Å²) in [6, 6.07) is 5.72. The van der Waals surface area contributed by atoms with Gasteiger partial charge in [-0.3, -0.25) is 10.0 Å². The lowest BCUT2D eigenvalue weighted by Crippen LogP contribution is -2.39. The maximum absolute atomic E-state index is 11.9. The lowest BCUT2D eigenvalue weighted by Gasteiger charge is -2.12. The number of benzene rings is 1. The molecule has 0 aromatic heterocycles. The van der Waals surface area contributed by atoms with Crippen molar-refractivity contribution in [3.8, 4) is 5.75 Å². The molecule has 114 valence electrons. The van der Waals surface area contributed by atoms with Crippen LogP contribution in [-0.4, -0.2) is 35.3 Å². The second kappa shape index (κ2) is 7.91. The van der Waals surface area contributed by atoms with E-state index in [4.69, 9.17) is 15.7 Å². The number of allylic oxidation sites excluding steroid dienone is 2. The molecular formula is C14H19N3O4. The van der Waals surface area contributed by atoms with E-state index in [9.17, 15) is 9.59 Å². The molecule has 1 aromatic carbocycles. The first-order valence-corrected chi connectivity index (χ1v) is 6.39. The van der Waals surface area contributed by atoms with Gasteiger partial charge in [0.2, 0.25) is 0 Å². The Morgan fingerprint density at radius 2 is 2.19 bits per heavy atom. The third kappa shape index (κ3) is 5.53. The van der Waals surface area contributed by atoms with Gasteiger partial charge in [0.1, 0.15) is 5.75 Å². The Morgan fingerprint density at radius 3 is 2.81 bits per heavy atom. The van der Waals surface area contributed by atoms with Crippen molar-refractivity contribution < 1.29 is 19.5 Å². The largest absolute Gasteiger partial charge is 0.462 e. The Morgan fingerprint density at radius 1 is 1.48 bits per heavy atom. The monoisotopic (exact) mass is 293 g/mol. The van der Waals surface area contributed by atoms with Crippen LogP contribution in [0, 0.1) is 0 Å². The normalized spacial score (nSPS) is 10.9. The number of amides is 3. The van der Waals surface area contributed by atoms with E-state index in [0.717, 1.165) is 5.76 Å². The van der Waals surface area contributed by atoms with Gasteiger partial charge >= 0.3 is 6.03 Å². The SMILES string of the molecule is CC=C(C)Oc1cccc(C(=O)NCCN(O)C(N)=O)c1. The molecule has 4 N–H and O–H groups in total. The van der Waals surface area contributed by atoms with Crippen molar-refractivity contribution >= 4 is 11.9 Å². The highest BCUT2D eigenvalue weighted by atomic mass is 16.5. The number of hydroxylamine groups is 2. The molecule has 0 atom stereocenters. The van der Waals surface area contributed by atoms with Crippen LogP contribution in [0.25, 0.3) is 0 Å². The maximum Gasteiger partial charge on any atom is 0.338 e. The Balaban J connectivity index is 2.58. The Bertz CT molecular complexity index is 543. The highest BCUT2D eigenvalue weighted by Gasteiger charge is 2.09. The fourth-order valence-corrected chi connectivity index (χ4v) is 1.43. The van der Waals surface area contributed by atoms with E-state index in [1.165, 1.54) is 0 Å². The van der Waals surface area contributed by atoms with E-state index >= 15 is 0 Å². The zero-order valence-corrected chi connectivity index (χ0v) is 12.0. The van der Waals surface area contributed by atoms with Crippen molar-refractivity contribution in [3.63, 3.8) is 0 Å². The molecule has 21 heavy (non-hydrogen) atoms. The van der Waals surface area contributed by atoms with E-state index in [1.54, 1.807) is 24.3 Å². The number of nitrogens with two attached hydrogens (primary N) is 1. The van der Waals surface area contributed by atoms with Crippen molar-refractivity contribution in [2.24, 2.45) is 5.73 Å². The number of nitrogens with one attached hydrogen (secondary N) is 1. The number of nitrogens with zero attached hydrogens (tertiary/aromatic N) is 1. The molecule has 1 aromatic rings. The lowest BCUT2D eigenvalue weighted by atomic mass is 10.2. The van der Waals surface area contributed by atoms with Gasteiger partial charge in [-0.1, -0.05) is 6.07 Å². The highest BCUT2D eigenvalue weighted by molar-refractivity contribution is 5.94. The number of carbonyl (C=O) groups is 2. The van der Waals surface area contributed by atoms with Gasteiger partial charge in [-0.05, 0) is 38.1 Å². The minimum atomic E-state index is -0.971. The molecule has 0 radical (unpaired) electrons. The Hall–Kier alpha value is -2.54. The van der Waals surface area contributed by atoms with Gasteiger partial charge in [0.15, 0.2) is 0 Å². The van der Waals surface area contributed by atoms with E-state index < -0.39 is 6.03 Å². The molecule has 0 heterocycles. The van der Waals surface area contributed by atoms with E-state index in [1.807, 2.05) is 19.9 Å². The third-order valence-electron chi connectivity index (χ3n) is 2.65. The highest BCUT2D eigenvalue weighted by Crippen LogP contribution is 2.16. The van der Waals surface area contributed by atoms with Crippen LogP contribution in [-0.2, 0) is 0 Å². The molecule has 0 unspecified atom stereocenters. The van der Waals surface area contributed by atoms with Crippen molar-refractivity contribution in [2.75, 3.05) is 13.1 Å². The zero-order valence-electron chi connectivity index (χ0n) is 12.0. The zero-order chi connectivity index (χ0) is 15.8. The van der Waals surface area contributed by atoms with E-state index in [0.29, 0.717) is 16.4 Å². The smallest absolute Gasteiger partial charge is 0.338 e. The molecule has 0 saturated carbocycles. The van der Waals surface area contributed by atoms with Crippen LogP contribution >= 0.6 is 0 Å². The molecule has 3 amide bonds. The van der Waals surface area contributed by atoms with Gasteiger partial charge in [-0.15, -0.1) is 0 Å². The van der Waals surface area contributed by atoms with Crippen molar-refractivity contribution in [1.82, 2.24) is 10.4 Å². The molecule has 0 spiro atoms. The summed E-state index contributed by atoms with van der Waals surface area (Å²) in [6.07, 6.45) is 1.81. The number of hydrogen-bond donors (Lipinski definition) is 3. The average Bonchev–Trinajstić information content (AvgIpc) is 2.46. The number of hydrogen-bond acceptors (Lipinski definition) is 4. The quantitative estimate of drug-likeness (QED) is 0.420. The number of urea groups is 1. The van der Waals surface area contributed by atoms with Gasteiger partial charge in [0, 0.05) is 12.1 Å². The average molecular weight is 293 g/mol. The lowest BCUT2D eigenvalue weighted by molar-refractivity contribution is -0.0376. The molecule has 0 bridgehead atoms. The number of carbonyl (C=O) groups excluding carboxylic acids is 2. The molecule has 0 aliphatic rings. The summed E-state index contributed by atoms with van der Waals surface area (Å²) in [7, 11) is 0. The van der Waals surface area contributed by atoms with Gasteiger partial charge < -0.3 is 15.8 Å². The number of primary amides is 1. The van der Waals surface area contributed by atoms with Crippen molar-refractivity contribution in [2.45, 2.75) is 13.8 Å². The van der Waals surface area contributed by atoms with Crippen LogP contribution in [0.1, 0.15) is 24.2 Å². The Kier molecular flexibility index (Phi) is 6.22. The number of rotatable bonds is 6. The van der Waals surface area contributed by atoms with Crippen LogP contribution in [0.4, 0.5) is 4.79 Å². The minimum Gasteiger partial charge on any atom is -0.462 e. The van der Waals surface area contributed by atoms with Crippen molar-refractivity contribution in [3.05, 3.63) is 41.7 Å². The molecule has 7 nitrogen and oxygen atoms in total. The van der Waals surface area contributed by atoms with Crippen LogP contribution < -0.4 is 15.8 Å². The summed E-state index contributed by atoms with van der Waals surface area (Å²) in [6.45, 7) is 3.66. The van der Waals surface area contributed by atoms with Gasteiger partial charge in [-0.25, -0.2) is 9.86 Å². The molecule has 0 aliphatic heterocycles. The second-order valence-corrected chi connectivity index (χ2v) is 4.25.